The van der Waals surface area contributed by atoms with E-state index in [1.54, 1.807) is 0 Å². The van der Waals surface area contributed by atoms with Gasteiger partial charge in [0.25, 0.3) is 0 Å². The van der Waals surface area contributed by atoms with Crippen LogP contribution in [0.2, 0.25) is 0 Å². The molecule has 0 atom stereocenters. The van der Waals surface area contributed by atoms with Crippen molar-refractivity contribution in [1.29, 1.82) is 0 Å². The third-order valence-corrected chi connectivity index (χ3v) is 6.09. The van der Waals surface area contributed by atoms with Crippen molar-refractivity contribution in [2.75, 3.05) is 32.8 Å². The van der Waals surface area contributed by atoms with E-state index in [1.165, 1.54) is 24.0 Å². The van der Waals surface area contributed by atoms with Gasteiger partial charge in [0.15, 0.2) is 6.54 Å². The maximum Gasteiger partial charge on any atom is 0.361 e. The molecule has 0 radical (unpaired) electrons. The van der Waals surface area contributed by atoms with Crippen LogP contribution >= 0.6 is 15.9 Å². The number of benzene rings is 1. The summed E-state index contributed by atoms with van der Waals surface area (Å²) in [5.74, 6) is -0.0629. The lowest BCUT2D eigenvalue weighted by atomic mass is 10.1. The molecule has 0 spiro atoms. The van der Waals surface area contributed by atoms with Crippen molar-refractivity contribution in [3.63, 3.8) is 0 Å². The molecule has 0 amide bonds. The third kappa shape index (κ3) is 10.1. The average molecular weight is 475 g/mol. The van der Waals surface area contributed by atoms with Crippen molar-refractivity contribution in [2.24, 2.45) is 0 Å². The van der Waals surface area contributed by atoms with Gasteiger partial charge in [0.1, 0.15) is 0 Å². The average Bonchev–Trinajstić information content (AvgIpc) is 2.67. The van der Waals surface area contributed by atoms with E-state index < -0.39 is 0 Å². The van der Waals surface area contributed by atoms with Gasteiger partial charge in [-0.1, -0.05) is 65.9 Å². The second kappa shape index (κ2) is 15.1. The van der Waals surface area contributed by atoms with E-state index in [0.717, 1.165) is 47.9 Å². The summed E-state index contributed by atoms with van der Waals surface area (Å²) >= 11 is 3.62. The Morgan fingerprint density at radius 1 is 1.11 bits per heavy atom. The summed E-state index contributed by atoms with van der Waals surface area (Å²) in [6, 6.07) is 8.34. The van der Waals surface area contributed by atoms with Crippen LogP contribution in [0.3, 0.4) is 0 Å². The van der Waals surface area contributed by atoms with E-state index in [9.17, 15) is 4.79 Å². The molecule has 0 N–H and O–H groups in total. The summed E-state index contributed by atoms with van der Waals surface area (Å²) < 4.78 is 7.38. The van der Waals surface area contributed by atoms with Crippen LogP contribution in [0.25, 0.3) is 0 Å². The Hall–Kier alpha value is -0.840. The SMILES string of the molecule is CCCCCCOC(=O)C[N+](CC)(CC)C/C=C(/C)Cc1ccccc1Br.[Cl-]. The first-order valence-electron chi connectivity index (χ1n) is 10.4. The topological polar surface area (TPSA) is 26.3 Å². The predicted molar refractivity (Wildman–Crippen MR) is 118 cm³/mol. The maximum atomic E-state index is 12.3. The van der Waals surface area contributed by atoms with Gasteiger partial charge in [0, 0.05) is 4.47 Å². The van der Waals surface area contributed by atoms with Gasteiger partial charge in [0.05, 0.1) is 26.2 Å². The van der Waals surface area contributed by atoms with Crippen LogP contribution in [0, 0.1) is 0 Å². The second-order valence-electron chi connectivity index (χ2n) is 7.41. The molecule has 0 aliphatic rings. The molecule has 1 aromatic rings. The van der Waals surface area contributed by atoms with E-state index >= 15 is 0 Å². The highest BCUT2D eigenvalue weighted by Gasteiger charge is 2.26. The van der Waals surface area contributed by atoms with Crippen molar-refractivity contribution in [3.05, 3.63) is 46.0 Å². The molecular formula is C23H37BrClNO2. The summed E-state index contributed by atoms with van der Waals surface area (Å²) in [7, 11) is 0. The van der Waals surface area contributed by atoms with Crippen LogP contribution in [0.15, 0.2) is 40.4 Å². The molecular weight excluding hydrogens is 438 g/mol. The van der Waals surface area contributed by atoms with Crippen molar-refractivity contribution in [3.8, 4) is 0 Å². The van der Waals surface area contributed by atoms with Crippen LogP contribution in [0.1, 0.15) is 58.9 Å². The molecule has 0 saturated carbocycles. The van der Waals surface area contributed by atoms with Gasteiger partial charge >= 0.3 is 5.97 Å². The first kappa shape index (κ1) is 27.2. The van der Waals surface area contributed by atoms with Crippen molar-refractivity contribution < 1.29 is 26.4 Å². The molecule has 5 heteroatoms. The highest BCUT2D eigenvalue weighted by Crippen LogP contribution is 2.19. The molecule has 0 fully saturated rings. The number of hydrogen-bond acceptors (Lipinski definition) is 2. The lowest BCUT2D eigenvalue weighted by Crippen LogP contribution is -3.00. The summed E-state index contributed by atoms with van der Waals surface area (Å²) in [5.41, 5.74) is 2.63. The fourth-order valence-electron chi connectivity index (χ4n) is 3.17. The van der Waals surface area contributed by atoms with Crippen LogP contribution < -0.4 is 12.4 Å². The lowest BCUT2D eigenvalue weighted by Gasteiger charge is -2.35. The molecule has 0 heterocycles. The molecule has 1 rings (SSSR count). The fourth-order valence-corrected chi connectivity index (χ4v) is 3.59. The zero-order valence-corrected chi connectivity index (χ0v) is 20.3. The standard InChI is InChI=1S/C23H37BrNO2.ClH/c1-5-8-9-12-17-27-23(26)19-25(6-2,7-3)16-15-20(4)18-21-13-10-11-14-22(21)24;/h10-11,13-15H,5-9,12,16-19H2,1-4H3;1H/q+1;/p-1/b20-15-;. The molecule has 28 heavy (non-hydrogen) atoms. The highest BCUT2D eigenvalue weighted by atomic mass is 79.9. The van der Waals surface area contributed by atoms with E-state index in [2.05, 4.69) is 67.9 Å². The molecule has 0 bridgehead atoms. The zero-order chi connectivity index (χ0) is 20.1. The molecule has 0 unspecified atom stereocenters. The Labute approximate surface area is 186 Å². The summed E-state index contributed by atoms with van der Waals surface area (Å²) in [4.78, 5) is 12.3. The highest BCUT2D eigenvalue weighted by molar-refractivity contribution is 9.10. The monoisotopic (exact) mass is 473 g/mol. The van der Waals surface area contributed by atoms with E-state index in [4.69, 9.17) is 4.74 Å². The van der Waals surface area contributed by atoms with Gasteiger partial charge in [-0.05, 0) is 51.3 Å². The number of esters is 1. The van der Waals surface area contributed by atoms with Gasteiger partial charge in [-0.25, -0.2) is 4.79 Å². The number of ether oxygens (including phenoxy) is 1. The quantitative estimate of drug-likeness (QED) is 0.190. The number of nitrogens with zero attached hydrogens (tertiary/aromatic N) is 1. The number of likely N-dealkylation sites (N-methyl/N-ethyl adjacent to an activating group) is 1. The summed E-state index contributed by atoms with van der Waals surface area (Å²) in [6.45, 7) is 12.4. The van der Waals surface area contributed by atoms with Gasteiger partial charge in [-0.3, -0.25) is 0 Å². The number of carbonyl (C=O) groups excluding carboxylic acids is 1. The Balaban J connectivity index is 0.00000729. The van der Waals surface area contributed by atoms with Gasteiger partial charge in [0.2, 0.25) is 0 Å². The Morgan fingerprint density at radius 2 is 1.79 bits per heavy atom. The lowest BCUT2D eigenvalue weighted by molar-refractivity contribution is -0.912. The maximum absolute atomic E-state index is 12.3. The zero-order valence-electron chi connectivity index (χ0n) is 18.0. The molecule has 0 aliphatic carbocycles. The summed E-state index contributed by atoms with van der Waals surface area (Å²) in [6.07, 6.45) is 7.75. The number of allylic oxidation sites excluding steroid dienone is 1. The van der Waals surface area contributed by atoms with E-state index in [0.29, 0.717) is 13.2 Å². The predicted octanol–water partition coefficient (Wildman–Crippen LogP) is 2.92. The van der Waals surface area contributed by atoms with Gasteiger partial charge < -0.3 is 21.6 Å². The number of carbonyl (C=O) groups is 1. The van der Waals surface area contributed by atoms with Crippen LogP contribution in [-0.4, -0.2) is 43.2 Å². The smallest absolute Gasteiger partial charge is 0.361 e. The minimum atomic E-state index is -0.0629. The van der Waals surface area contributed by atoms with Crippen molar-refractivity contribution in [1.82, 2.24) is 0 Å². The Bertz CT molecular complexity index is 600. The first-order valence-corrected chi connectivity index (χ1v) is 11.2. The Morgan fingerprint density at radius 3 is 2.39 bits per heavy atom. The molecule has 3 nitrogen and oxygen atoms in total. The minimum absolute atomic E-state index is 0. The number of quaternary nitrogens is 1. The van der Waals surface area contributed by atoms with Gasteiger partial charge in [-0.2, -0.15) is 0 Å². The number of rotatable bonds is 13. The van der Waals surface area contributed by atoms with E-state index in [1.807, 2.05) is 6.07 Å². The number of unbranched alkanes of at least 4 members (excludes halogenated alkanes) is 3. The van der Waals surface area contributed by atoms with Gasteiger partial charge in [-0.15, -0.1) is 0 Å². The van der Waals surface area contributed by atoms with Crippen LogP contribution in [-0.2, 0) is 16.0 Å². The largest absolute Gasteiger partial charge is 1.00 e. The Kier molecular flexibility index (Phi) is 14.6. The molecule has 160 valence electrons. The third-order valence-electron chi connectivity index (χ3n) is 5.32. The normalized spacial score (nSPS) is 11.8. The van der Waals surface area contributed by atoms with Crippen LogP contribution in [0.5, 0.6) is 0 Å². The summed E-state index contributed by atoms with van der Waals surface area (Å²) in [5, 5.41) is 0. The molecule has 0 aliphatic heterocycles. The molecule has 0 saturated heterocycles. The first-order chi connectivity index (χ1) is 13.0. The molecule has 1 aromatic carbocycles. The van der Waals surface area contributed by atoms with Crippen molar-refractivity contribution in [2.45, 2.75) is 59.8 Å². The van der Waals surface area contributed by atoms with Crippen LogP contribution in [0.4, 0.5) is 0 Å². The number of halogens is 2. The fraction of sp³-hybridized carbons (Fsp3) is 0.609. The van der Waals surface area contributed by atoms with E-state index in [-0.39, 0.29) is 18.4 Å². The van der Waals surface area contributed by atoms with Crippen molar-refractivity contribution >= 4 is 21.9 Å². The number of hydrogen-bond donors (Lipinski definition) is 0. The molecule has 0 aromatic heterocycles. The second-order valence-corrected chi connectivity index (χ2v) is 8.27. The minimum Gasteiger partial charge on any atom is -1.00 e.